The largest absolute Gasteiger partial charge is 0.486 e. The molecule has 0 radical (unpaired) electrons. The molecule has 2 saturated heterocycles. The van der Waals surface area contributed by atoms with Gasteiger partial charge in [0.1, 0.15) is 13.2 Å². The van der Waals surface area contributed by atoms with Crippen molar-refractivity contribution in [3.8, 4) is 11.5 Å². The fraction of sp³-hybridized carbons (Fsp3) is 0.577. The molecule has 1 amide bonds. The van der Waals surface area contributed by atoms with Gasteiger partial charge in [-0.25, -0.2) is 18.4 Å². The highest BCUT2D eigenvalue weighted by molar-refractivity contribution is 7.89. The van der Waals surface area contributed by atoms with Gasteiger partial charge >= 0.3 is 0 Å². The summed E-state index contributed by atoms with van der Waals surface area (Å²) < 4.78 is 38.6. The molecule has 12 heteroatoms. The number of carbonyl (C=O) groups excluding carboxylic acids is 1. The number of carbonyl (C=O) groups is 1. The van der Waals surface area contributed by atoms with E-state index in [2.05, 4.69) is 20.2 Å². The number of anilines is 1. The van der Waals surface area contributed by atoms with Gasteiger partial charge in [-0.05, 0) is 63.0 Å². The van der Waals surface area contributed by atoms with Crippen molar-refractivity contribution in [2.24, 2.45) is 5.92 Å². The number of hydrogen-bond donors (Lipinski definition) is 1. The number of hydrogen-bond acceptors (Lipinski definition) is 9. The van der Waals surface area contributed by atoms with Crippen LogP contribution in [0.5, 0.6) is 11.5 Å². The van der Waals surface area contributed by atoms with Crippen LogP contribution in [0.25, 0.3) is 0 Å². The fourth-order valence-corrected chi connectivity index (χ4v) is 6.69. The zero-order valence-corrected chi connectivity index (χ0v) is 22.4. The Kier molecular flexibility index (Phi) is 8.60. The Morgan fingerprint density at radius 2 is 1.71 bits per heavy atom. The van der Waals surface area contributed by atoms with Crippen LogP contribution in [0.4, 0.5) is 5.95 Å². The van der Waals surface area contributed by atoms with Crippen LogP contribution in [-0.2, 0) is 10.0 Å². The van der Waals surface area contributed by atoms with Gasteiger partial charge in [-0.2, -0.15) is 4.31 Å². The van der Waals surface area contributed by atoms with Gasteiger partial charge in [0, 0.05) is 45.1 Å². The number of para-hydroxylation sites is 1. The van der Waals surface area contributed by atoms with Crippen LogP contribution >= 0.6 is 0 Å². The molecule has 0 unspecified atom stereocenters. The summed E-state index contributed by atoms with van der Waals surface area (Å²) in [6, 6.07) is 7.15. The number of likely N-dealkylation sites (tertiary alicyclic amines) is 1. The molecule has 4 heterocycles. The van der Waals surface area contributed by atoms with Crippen LogP contribution in [0.3, 0.4) is 0 Å². The molecule has 1 aromatic carbocycles. The third kappa shape index (κ3) is 6.54. The van der Waals surface area contributed by atoms with E-state index in [1.165, 1.54) is 0 Å². The molecule has 0 atom stereocenters. The first-order valence-corrected chi connectivity index (χ1v) is 15.0. The van der Waals surface area contributed by atoms with Crippen molar-refractivity contribution < 1.29 is 22.7 Å². The number of piperazine rings is 1. The van der Waals surface area contributed by atoms with Crippen molar-refractivity contribution >= 4 is 21.9 Å². The van der Waals surface area contributed by atoms with Gasteiger partial charge in [0.25, 0.3) is 5.91 Å². The smallest absolute Gasteiger partial charge is 0.255 e. The summed E-state index contributed by atoms with van der Waals surface area (Å²) in [5.74, 6) is 2.21. The van der Waals surface area contributed by atoms with E-state index >= 15 is 0 Å². The van der Waals surface area contributed by atoms with Crippen molar-refractivity contribution in [2.45, 2.75) is 19.3 Å². The molecule has 2 aromatic rings. The number of nitrogens with one attached hydrogen (secondary N) is 1. The second kappa shape index (κ2) is 12.3. The van der Waals surface area contributed by atoms with Crippen molar-refractivity contribution in [1.82, 2.24) is 24.5 Å². The lowest BCUT2D eigenvalue weighted by atomic mass is 9.96. The third-order valence-electron chi connectivity index (χ3n) is 7.41. The summed E-state index contributed by atoms with van der Waals surface area (Å²) in [5, 5.41) is 3.06. The molecule has 1 aromatic heterocycles. The molecule has 2 fully saturated rings. The predicted octanol–water partition coefficient (Wildman–Crippen LogP) is 1.23. The summed E-state index contributed by atoms with van der Waals surface area (Å²) in [5.41, 5.74) is 0.510. The fourth-order valence-electron chi connectivity index (χ4n) is 5.22. The average molecular weight is 545 g/mol. The van der Waals surface area contributed by atoms with E-state index in [1.807, 2.05) is 11.0 Å². The first kappa shape index (κ1) is 26.6. The maximum absolute atomic E-state index is 12.9. The molecule has 3 aliphatic heterocycles. The molecule has 0 spiro atoms. The number of piperidine rings is 1. The van der Waals surface area contributed by atoms with E-state index in [-0.39, 0.29) is 11.7 Å². The second-order valence-corrected chi connectivity index (χ2v) is 12.0. The molecule has 206 valence electrons. The van der Waals surface area contributed by atoms with Crippen molar-refractivity contribution in [3.05, 3.63) is 42.2 Å². The minimum absolute atomic E-state index is 0.142. The molecule has 5 rings (SSSR count). The summed E-state index contributed by atoms with van der Waals surface area (Å²) in [7, 11) is -3.28. The highest BCUT2D eigenvalue weighted by Gasteiger charge is 2.28. The van der Waals surface area contributed by atoms with Gasteiger partial charge in [-0.1, -0.05) is 6.07 Å². The maximum atomic E-state index is 12.9. The Labute approximate surface area is 224 Å². The number of sulfonamides is 1. The lowest BCUT2D eigenvalue weighted by molar-refractivity contribution is 0.0925. The van der Waals surface area contributed by atoms with E-state index in [0.29, 0.717) is 81.3 Å². The number of aromatic nitrogens is 2. The first-order chi connectivity index (χ1) is 18.5. The number of nitrogens with zero attached hydrogens (tertiary/aromatic N) is 5. The Bertz CT molecular complexity index is 1180. The molecule has 1 N–H and O–H groups in total. The minimum Gasteiger partial charge on any atom is -0.486 e. The Morgan fingerprint density at radius 1 is 0.974 bits per heavy atom. The molecule has 3 aliphatic rings. The zero-order valence-electron chi connectivity index (χ0n) is 21.6. The van der Waals surface area contributed by atoms with Gasteiger partial charge in [-0.3, -0.25) is 4.79 Å². The summed E-state index contributed by atoms with van der Waals surface area (Å²) in [6.45, 7) is 6.26. The number of ether oxygens (including phenoxy) is 2. The number of fused-ring (bicyclic) bond motifs is 1. The van der Waals surface area contributed by atoms with Gasteiger partial charge < -0.3 is 24.6 Å². The maximum Gasteiger partial charge on any atom is 0.255 e. The van der Waals surface area contributed by atoms with Crippen molar-refractivity contribution in [1.29, 1.82) is 0 Å². The van der Waals surface area contributed by atoms with E-state index in [4.69, 9.17) is 9.47 Å². The van der Waals surface area contributed by atoms with E-state index < -0.39 is 10.0 Å². The van der Waals surface area contributed by atoms with Gasteiger partial charge in [0.2, 0.25) is 16.0 Å². The highest BCUT2D eigenvalue weighted by Crippen LogP contribution is 2.33. The summed E-state index contributed by atoms with van der Waals surface area (Å²) >= 11 is 0. The lowest BCUT2D eigenvalue weighted by Gasteiger charge is -2.34. The standard InChI is InChI=1S/C26H36N6O5S/c33-25(22-4-1-5-23-24(22)37-18-17-36-23)29-20-21-6-11-30(12-7-21)10-3-19-38(34,35)32-15-13-31(14-16-32)26-27-8-2-9-28-26/h1-2,4-5,8-9,21H,3,6-7,10-20H2,(H,29,33). The van der Waals surface area contributed by atoms with Gasteiger partial charge in [0.15, 0.2) is 11.5 Å². The topological polar surface area (TPSA) is 117 Å². The summed E-state index contributed by atoms with van der Waals surface area (Å²) in [6.07, 6.45) is 5.97. The third-order valence-corrected chi connectivity index (χ3v) is 9.37. The molecular weight excluding hydrogens is 508 g/mol. The Balaban J connectivity index is 0.994. The molecule has 11 nitrogen and oxygen atoms in total. The van der Waals surface area contributed by atoms with E-state index in [9.17, 15) is 13.2 Å². The van der Waals surface area contributed by atoms with Gasteiger partial charge in [-0.15, -0.1) is 0 Å². The molecule has 38 heavy (non-hydrogen) atoms. The van der Waals surface area contributed by atoms with Crippen LogP contribution in [0.1, 0.15) is 29.6 Å². The first-order valence-electron chi connectivity index (χ1n) is 13.4. The van der Waals surface area contributed by atoms with Crippen LogP contribution < -0.4 is 19.7 Å². The number of benzene rings is 1. The lowest BCUT2D eigenvalue weighted by Crippen LogP contribution is -2.50. The van der Waals surface area contributed by atoms with Crippen molar-refractivity contribution in [2.75, 3.05) is 76.2 Å². The predicted molar refractivity (Wildman–Crippen MR) is 143 cm³/mol. The molecule has 0 bridgehead atoms. The van der Waals surface area contributed by atoms with E-state index in [0.717, 1.165) is 32.5 Å². The zero-order chi connectivity index (χ0) is 26.4. The Hall–Kier alpha value is -2.96. The normalized spacial score (nSPS) is 19.3. The van der Waals surface area contributed by atoms with Crippen LogP contribution in [0, 0.1) is 5.92 Å². The van der Waals surface area contributed by atoms with Crippen LogP contribution in [-0.4, -0.2) is 105 Å². The number of amides is 1. The van der Waals surface area contributed by atoms with Crippen LogP contribution in [0.15, 0.2) is 36.7 Å². The van der Waals surface area contributed by atoms with E-state index in [1.54, 1.807) is 34.9 Å². The summed E-state index contributed by atoms with van der Waals surface area (Å²) in [4.78, 5) is 25.6. The molecule has 0 aliphatic carbocycles. The van der Waals surface area contributed by atoms with Crippen molar-refractivity contribution in [3.63, 3.8) is 0 Å². The van der Waals surface area contributed by atoms with Crippen LogP contribution in [0.2, 0.25) is 0 Å². The molecular formula is C26H36N6O5S. The quantitative estimate of drug-likeness (QED) is 0.497. The number of rotatable bonds is 9. The monoisotopic (exact) mass is 544 g/mol. The second-order valence-electron chi connectivity index (χ2n) is 9.93. The average Bonchev–Trinajstić information content (AvgIpc) is 2.97. The SMILES string of the molecule is O=C(NCC1CCN(CCCS(=O)(=O)N2CCN(c3ncccn3)CC2)CC1)c1cccc2c1OCCO2. The Morgan fingerprint density at radius 3 is 2.47 bits per heavy atom. The highest BCUT2D eigenvalue weighted by atomic mass is 32.2. The van der Waals surface area contributed by atoms with Gasteiger partial charge in [0.05, 0.1) is 11.3 Å². The minimum atomic E-state index is -3.28. The molecule has 0 saturated carbocycles.